The van der Waals surface area contributed by atoms with Gasteiger partial charge in [0.2, 0.25) is 5.91 Å². The van der Waals surface area contributed by atoms with Gasteiger partial charge in [0.15, 0.2) is 0 Å². The Balaban J connectivity index is 2.35. The Morgan fingerprint density at radius 3 is 2.31 bits per heavy atom. The van der Waals surface area contributed by atoms with Crippen molar-refractivity contribution in [2.24, 2.45) is 0 Å². The van der Waals surface area contributed by atoms with Crippen molar-refractivity contribution in [2.75, 3.05) is 0 Å². The van der Waals surface area contributed by atoms with E-state index in [2.05, 4.69) is 38.1 Å². The number of carbonyl (C=O) groups is 1. The zero-order valence-corrected chi connectivity index (χ0v) is 10.1. The molecule has 0 atom stereocenters. The largest absolute Gasteiger partial charge is 0.273 e. The standard InChI is InChI=1S/C14H20NO/c1-11(2)13-9-7-12(8-10-13)5-3-4-6-14(15)16/h7-11,15H,3-6H2,1-2H3. The average Bonchev–Trinajstić information content (AvgIpc) is 2.25. The first-order valence-corrected chi connectivity index (χ1v) is 5.93. The Bertz CT molecular complexity index is 327. The fourth-order valence-electron chi connectivity index (χ4n) is 1.68. The summed E-state index contributed by atoms with van der Waals surface area (Å²) in [6.07, 6.45) is 3.22. The number of hydrogen-bond acceptors (Lipinski definition) is 1. The zero-order valence-electron chi connectivity index (χ0n) is 10.1. The lowest BCUT2D eigenvalue weighted by atomic mass is 10.00. The van der Waals surface area contributed by atoms with Crippen LogP contribution in [-0.2, 0) is 11.2 Å². The lowest BCUT2D eigenvalue weighted by Gasteiger charge is -2.06. The smallest absolute Gasteiger partial charge is 0.238 e. The molecule has 0 saturated heterocycles. The van der Waals surface area contributed by atoms with Crippen molar-refractivity contribution < 1.29 is 4.79 Å². The minimum absolute atomic E-state index is 0.393. The van der Waals surface area contributed by atoms with Crippen LogP contribution >= 0.6 is 0 Å². The topological polar surface area (TPSA) is 40.9 Å². The molecule has 0 aliphatic rings. The highest BCUT2D eigenvalue weighted by Crippen LogP contribution is 2.15. The highest BCUT2D eigenvalue weighted by Gasteiger charge is 2.00. The van der Waals surface area contributed by atoms with Crippen LogP contribution in [0.4, 0.5) is 0 Å². The molecule has 0 saturated carbocycles. The van der Waals surface area contributed by atoms with Gasteiger partial charge in [0, 0.05) is 6.42 Å². The van der Waals surface area contributed by atoms with E-state index >= 15 is 0 Å². The van der Waals surface area contributed by atoms with E-state index in [1.54, 1.807) is 0 Å². The summed E-state index contributed by atoms with van der Waals surface area (Å²) in [6, 6.07) is 8.68. The molecule has 0 aliphatic carbocycles. The predicted octanol–water partition coefficient (Wildman–Crippen LogP) is 3.33. The van der Waals surface area contributed by atoms with Crippen molar-refractivity contribution >= 4 is 5.91 Å². The minimum Gasteiger partial charge on any atom is -0.273 e. The van der Waals surface area contributed by atoms with Crippen LogP contribution in [0.3, 0.4) is 0 Å². The van der Waals surface area contributed by atoms with Crippen LogP contribution in [0.1, 0.15) is 50.2 Å². The van der Waals surface area contributed by atoms with Crippen LogP contribution in [0.15, 0.2) is 24.3 Å². The van der Waals surface area contributed by atoms with Crippen molar-refractivity contribution in [1.82, 2.24) is 5.73 Å². The molecule has 0 fully saturated rings. The van der Waals surface area contributed by atoms with E-state index in [1.807, 2.05) is 0 Å². The van der Waals surface area contributed by atoms with Gasteiger partial charge in [-0.2, -0.15) is 0 Å². The summed E-state index contributed by atoms with van der Waals surface area (Å²) < 4.78 is 0. The summed E-state index contributed by atoms with van der Waals surface area (Å²) in [5.41, 5.74) is 9.48. The quantitative estimate of drug-likeness (QED) is 0.675. The Morgan fingerprint density at radius 1 is 1.19 bits per heavy atom. The summed E-state index contributed by atoms with van der Waals surface area (Å²) in [5.74, 6) is 0.130. The molecule has 1 radical (unpaired) electrons. The molecule has 87 valence electrons. The van der Waals surface area contributed by atoms with Crippen LogP contribution in [0.5, 0.6) is 0 Å². The summed E-state index contributed by atoms with van der Waals surface area (Å²) in [7, 11) is 0. The molecule has 0 aromatic heterocycles. The molecule has 0 aliphatic heterocycles. The third-order valence-electron chi connectivity index (χ3n) is 2.77. The van der Waals surface area contributed by atoms with Gasteiger partial charge in [-0.05, 0) is 36.3 Å². The minimum atomic E-state index is -0.449. The normalized spacial score (nSPS) is 10.7. The molecule has 0 spiro atoms. The number of amides is 1. The Labute approximate surface area is 97.9 Å². The molecule has 1 amide bonds. The van der Waals surface area contributed by atoms with Gasteiger partial charge in [-0.15, -0.1) is 0 Å². The van der Waals surface area contributed by atoms with E-state index in [9.17, 15) is 4.79 Å². The molecule has 2 nitrogen and oxygen atoms in total. The molecule has 1 aromatic carbocycles. The molecule has 0 bridgehead atoms. The van der Waals surface area contributed by atoms with E-state index < -0.39 is 5.91 Å². The Hall–Kier alpha value is -1.31. The first-order chi connectivity index (χ1) is 7.59. The lowest BCUT2D eigenvalue weighted by molar-refractivity contribution is -0.118. The van der Waals surface area contributed by atoms with E-state index in [-0.39, 0.29) is 0 Å². The van der Waals surface area contributed by atoms with Gasteiger partial charge in [0.05, 0.1) is 0 Å². The van der Waals surface area contributed by atoms with Crippen LogP contribution in [0.25, 0.3) is 0 Å². The molecule has 2 heteroatoms. The van der Waals surface area contributed by atoms with Crippen molar-refractivity contribution in [3.05, 3.63) is 35.4 Å². The molecular formula is C14H20NO. The lowest BCUT2D eigenvalue weighted by Crippen LogP contribution is -1.97. The van der Waals surface area contributed by atoms with Gasteiger partial charge >= 0.3 is 0 Å². The van der Waals surface area contributed by atoms with Gasteiger partial charge in [-0.3, -0.25) is 10.5 Å². The third kappa shape index (κ3) is 4.47. The number of nitrogens with one attached hydrogen (secondary N) is 1. The predicted molar refractivity (Wildman–Crippen MR) is 66.2 cm³/mol. The Kier molecular flexibility index (Phi) is 5.03. The van der Waals surface area contributed by atoms with Gasteiger partial charge in [0.25, 0.3) is 0 Å². The highest BCUT2D eigenvalue weighted by atomic mass is 16.1. The Morgan fingerprint density at radius 2 is 1.81 bits per heavy atom. The fourth-order valence-corrected chi connectivity index (χ4v) is 1.68. The molecular weight excluding hydrogens is 198 g/mol. The van der Waals surface area contributed by atoms with Gasteiger partial charge in [0.1, 0.15) is 0 Å². The second-order valence-electron chi connectivity index (χ2n) is 4.53. The number of rotatable bonds is 6. The average molecular weight is 218 g/mol. The summed E-state index contributed by atoms with van der Waals surface area (Å²) in [6.45, 7) is 4.38. The maximum Gasteiger partial charge on any atom is 0.238 e. The maximum absolute atomic E-state index is 10.4. The molecule has 1 N–H and O–H groups in total. The molecule has 16 heavy (non-hydrogen) atoms. The van der Waals surface area contributed by atoms with Crippen LogP contribution < -0.4 is 5.73 Å². The fraction of sp³-hybridized carbons (Fsp3) is 0.500. The molecule has 0 unspecified atom stereocenters. The summed E-state index contributed by atoms with van der Waals surface area (Å²) >= 11 is 0. The van der Waals surface area contributed by atoms with Crippen LogP contribution in [-0.4, -0.2) is 5.91 Å². The van der Waals surface area contributed by atoms with Gasteiger partial charge in [-0.1, -0.05) is 38.1 Å². The monoisotopic (exact) mass is 218 g/mol. The molecule has 1 aromatic rings. The van der Waals surface area contributed by atoms with Gasteiger partial charge < -0.3 is 0 Å². The number of aryl methyl sites for hydroxylation is 1. The maximum atomic E-state index is 10.4. The van der Waals surface area contributed by atoms with Crippen molar-refractivity contribution in [1.29, 1.82) is 0 Å². The van der Waals surface area contributed by atoms with E-state index in [0.717, 1.165) is 19.3 Å². The second-order valence-corrected chi connectivity index (χ2v) is 4.53. The zero-order chi connectivity index (χ0) is 12.0. The SMILES string of the molecule is CC(C)c1ccc(CCCCC([NH])=O)cc1. The second kappa shape index (κ2) is 6.31. The first kappa shape index (κ1) is 12.8. The number of carbonyl (C=O) groups excluding carboxylic acids is 1. The molecule has 0 heterocycles. The first-order valence-electron chi connectivity index (χ1n) is 5.93. The van der Waals surface area contributed by atoms with Gasteiger partial charge in [-0.25, -0.2) is 0 Å². The molecule has 1 rings (SSSR count). The summed E-state index contributed by atoms with van der Waals surface area (Å²) in [5, 5.41) is 0. The third-order valence-corrected chi connectivity index (χ3v) is 2.77. The van der Waals surface area contributed by atoms with Crippen LogP contribution in [0, 0.1) is 0 Å². The van der Waals surface area contributed by atoms with Crippen molar-refractivity contribution in [2.45, 2.75) is 45.4 Å². The highest BCUT2D eigenvalue weighted by molar-refractivity contribution is 5.72. The summed E-state index contributed by atoms with van der Waals surface area (Å²) in [4.78, 5) is 10.4. The number of unbranched alkanes of at least 4 members (excludes halogenated alkanes) is 1. The van der Waals surface area contributed by atoms with Crippen molar-refractivity contribution in [3.63, 3.8) is 0 Å². The number of hydrogen-bond donors (Lipinski definition) is 0. The number of benzene rings is 1. The van der Waals surface area contributed by atoms with Crippen LogP contribution in [0.2, 0.25) is 0 Å². The van der Waals surface area contributed by atoms with E-state index in [1.165, 1.54) is 11.1 Å². The van der Waals surface area contributed by atoms with E-state index in [0.29, 0.717) is 12.3 Å². The van der Waals surface area contributed by atoms with E-state index in [4.69, 9.17) is 5.73 Å². The van der Waals surface area contributed by atoms with Crippen molar-refractivity contribution in [3.8, 4) is 0 Å².